The number of hydrogen-bond donors (Lipinski definition) is 0. The zero-order valence-electron chi connectivity index (χ0n) is 8.48. The fourth-order valence-electron chi connectivity index (χ4n) is 1.59. The highest BCUT2D eigenvalue weighted by atomic mass is 19.1. The van der Waals surface area contributed by atoms with Crippen LogP contribution in [-0.4, -0.2) is 33.7 Å². The van der Waals surface area contributed by atoms with Crippen molar-refractivity contribution in [1.29, 1.82) is 0 Å². The van der Waals surface area contributed by atoms with E-state index in [9.17, 15) is 9.18 Å². The Morgan fingerprint density at radius 3 is 3.00 bits per heavy atom. The molecular weight excluding hydrogens is 197 g/mol. The minimum atomic E-state index is -0.238. The van der Waals surface area contributed by atoms with E-state index in [0.717, 1.165) is 0 Å². The molecule has 2 heterocycles. The summed E-state index contributed by atoms with van der Waals surface area (Å²) in [5.74, 6) is -0.398. The van der Waals surface area contributed by atoms with E-state index >= 15 is 0 Å². The summed E-state index contributed by atoms with van der Waals surface area (Å²) in [6, 6.07) is 0. The van der Waals surface area contributed by atoms with Gasteiger partial charge < -0.3 is 4.90 Å². The molecule has 0 bridgehead atoms. The third kappa shape index (κ3) is 2.06. The normalized spacial score (nSPS) is 16.4. The minimum absolute atomic E-state index is 0.0771. The van der Waals surface area contributed by atoms with Crippen molar-refractivity contribution >= 4 is 5.91 Å². The van der Waals surface area contributed by atoms with E-state index in [4.69, 9.17) is 0 Å². The van der Waals surface area contributed by atoms with Gasteiger partial charge in [0.1, 0.15) is 5.83 Å². The standard InChI is InChI=1S/C10H12FN3O/c1-13-6-8(5-12-13)10(15)14-4-2-3-9(11)7-14/h3,5-6H,2,4,7H2,1H3. The molecule has 0 N–H and O–H groups in total. The second kappa shape index (κ2) is 3.84. The number of halogens is 1. The van der Waals surface area contributed by atoms with Gasteiger partial charge in [-0.15, -0.1) is 0 Å². The number of aromatic nitrogens is 2. The van der Waals surface area contributed by atoms with Crippen molar-refractivity contribution in [2.45, 2.75) is 6.42 Å². The summed E-state index contributed by atoms with van der Waals surface area (Å²) in [4.78, 5) is 13.3. The first-order valence-corrected chi connectivity index (χ1v) is 4.79. The van der Waals surface area contributed by atoms with Crippen molar-refractivity contribution in [2.24, 2.45) is 7.05 Å². The van der Waals surface area contributed by atoms with Crippen molar-refractivity contribution in [3.63, 3.8) is 0 Å². The monoisotopic (exact) mass is 209 g/mol. The molecule has 2 rings (SSSR count). The van der Waals surface area contributed by atoms with Crippen molar-refractivity contribution in [3.05, 3.63) is 29.9 Å². The van der Waals surface area contributed by atoms with E-state index < -0.39 is 0 Å². The van der Waals surface area contributed by atoms with Gasteiger partial charge in [-0.3, -0.25) is 9.48 Å². The molecule has 0 saturated carbocycles. The van der Waals surface area contributed by atoms with Gasteiger partial charge in [-0.25, -0.2) is 4.39 Å². The van der Waals surface area contributed by atoms with Crippen LogP contribution in [0, 0.1) is 0 Å². The average molecular weight is 209 g/mol. The van der Waals surface area contributed by atoms with E-state index in [1.807, 2.05) is 0 Å². The molecule has 0 spiro atoms. The fourth-order valence-corrected chi connectivity index (χ4v) is 1.59. The van der Waals surface area contributed by atoms with Gasteiger partial charge in [0.15, 0.2) is 0 Å². The molecule has 15 heavy (non-hydrogen) atoms. The Kier molecular flexibility index (Phi) is 2.53. The van der Waals surface area contributed by atoms with Gasteiger partial charge in [-0.1, -0.05) is 0 Å². The molecule has 1 amide bonds. The zero-order valence-corrected chi connectivity index (χ0v) is 8.48. The lowest BCUT2D eigenvalue weighted by atomic mass is 10.2. The summed E-state index contributed by atoms with van der Waals surface area (Å²) in [6.07, 6.45) is 5.24. The highest BCUT2D eigenvalue weighted by molar-refractivity contribution is 5.93. The lowest BCUT2D eigenvalue weighted by Crippen LogP contribution is -2.34. The van der Waals surface area contributed by atoms with Crippen molar-refractivity contribution in [2.75, 3.05) is 13.1 Å². The van der Waals surface area contributed by atoms with Crippen LogP contribution in [0.5, 0.6) is 0 Å². The summed E-state index contributed by atoms with van der Waals surface area (Å²) in [7, 11) is 1.74. The van der Waals surface area contributed by atoms with E-state index in [1.54, 1.807) is 17.9 Å². The summed E-state index contributed by atoms with van der Waals surface area (Å²) in [5.41, 5.74) is 0.507. The SMILES string of the molecule is Cn1cc(C(=O)N2CCC=C(F)C2)cn1. The Morgan fingerprint density at radius 1 is 1.60 bits per heavy atom. The van der Waals surface area contributed by atoms with Crippen molar-refractivity contribution in [3.8, 4) is 0 Å². The maximum absolute atomic E-state index is 13.0. The van der Waals surface area contributed by atoms with Gasteiger partial charge in [0.2, 0.25) is 0 Å². The van der Waals surface area contributed by atoms with E-state index in [1.165, 1.54) is 17.2 Å². The molecule has 0 atom stereocenters. The smallest absolute Gasteiger partial charge is 0.257 e. The third-order valence-corrected chi connectivity index (χ3v) is 2.35. The Hall–Kier alpha value is -1.65. The summed E-state index contributed by atoms with van der Waals surface area (Å²) in [5, 5.41) is 3.91. The van der Waals surface area contributed by atoms with Crippen LogP contribution in [0.4, 0.5) is 4.39 Å². The lowest BCUT2D eigenvalue weighted by Gasteiger charge is -2.23. The van der Waals surface area contributed by atoms with Crippen LogP contribution in [0.15, 0.2) is 24.3 Å². The largest absolute Gasteiger partial charge is 0.332 e. The van der Waals surface area contributed by atoms with Gasteiger partial charge in [0, 0.05) is 19.8 Å². The first-order valence-electron chi connectivity index (χ1n) is 4.79. The van der Waals surface area contributed by atoms with Crippen LogP contribution in [0.2, 0.25) is 0 Å². The molecule has 80 valence electrons. The number of hydrogen-bond acceptors (Lipinski definition) is 2. The van der Waals surface area contributed by atoms with Gasteiger partial charge in [0.25, 0.3) is 5.91 Å². The van der Waals surface area contributed by atoms with Crippen LogP contribution in [0.25, 0.3) is 0 Å². The molecule has 1 aromatic heterocycles. The van der Waals surface area contributed by atoms with Crippen molar-refractivity contribution in [1.82, 2.24) is 14.7 Å². The molecule has 1 aliphatic rings. The Bertz CT molecular complexity index is 411. The van der Waals surface area contributed by atoms with Crippen LogP contribution in [0.1, 0.15) is 16.8 Å². The summed E-state index contributed by atoms with van der Waals surface area (Å²) < 4.78 is 14.5. The maximum atomic E-state index is 13.0. The fraction of sp³-hybridized carbons (Fsp3) is 0.400. The molecule has 1 aromatic rings. The van der Waals surface area contributed by atoms with E-state index in [0.29, 0.717) is 18.5 Å². The molecule has 1 aliphatic heterocycles. The number of carbonyl (C=O) groups is 1. The van der Waals surface area contributed by atoms with Crippen LogP contribution in [0.3, 0.4) is 0 Å². The minimum Gasteiger partial charge on any atom is -0.332 e. The molecule has 0 radical (unpaired) electrons. The van der Waals surface area contributed by atoms with E-state index in [-0.39, 0.29) is 18.3 Å². The quantitative estimate of drug-likeness (QED) is 0.695. The highest BCUT2D eigenvalue weighted by Crippen LogP contribution is 2.13. The number of amides is 1. The number of nitrogens with zero attached hydrogens (tertiary/aromatic N) is 3. The Morgan fingerprint density at radius 2 is 2.40 bits per heavy atom. The molecule has 5 heteroatoms. The van der Waals surface area contributed by atoms with Crippen LogP contribution in [-0.2, 0) is 7.05 Å². The maximum Gasteiger partial charge on any atom is 0.257 e. The first kappa shape index (κ1) is 9.89. The first-order chi connectivity index (χ1) is 7.16. The molecule has 0 fully saturated rings. The van der Waals surface area contributed by atoms with Crippen LogP contribution < -0.4 is 0 Å². The summed E-state index contributed by atoms with van der Waals surface area (Å²) in [6.45, 7) is 0.648. The number of rotatable bonds is 1. The van der Waals surface area contributed by atoms with Gasteiger partial charge in [-0.2, -0.15) is 5.10 Å². The molecular formula is C10H12FN3O. The number of carbonyl (C=O) groups excluding carboxylic acids is 1. The van der Waals surface area contributed by atoms with Crippen LogP contribution >= 0.6 is 0 Å². The molecule has 4 nitrogen and oxygen atoms in total. The highest BCUT2D eigenvalue weighted by Gasteiger charge is 2.20. The molecule has 0 saturated heterocycles. The Balaban J connectivity index is 2.12. The number of aryl methyl sites for hydroxylation is 1. The van der Waals surface area contributed by atoms with Gasteiger partial charge in [0.05, 0.1) is 18.3 Å². The zero-order chi connectivity index (χ0) is 10.8. The van der Waals surface area contributed by atoms with Gasteiger partial charge >= 0.3 is 0 Å². The molecule has 0 aliphatic carbocycles. The second-order valence-corrected chi connectivity index (χ2v) is 3.57. The third-order valence-electron chi connectivity index (χ3n) is 2.35. The average Bonchev–Trinajstić information content (AvgIpc) is 2.64. The predicted octanol–water partition coefficient (Wildman–Crippen LogP) is 1.12. The predicted molar refractivity (Wildman–Crippen MR) is 52.9 cm³/mol. The summed E-state index contributed by atoms with van der Waals surface area (Å²) >= 11 is 0. The van der Waals surface area contributed by atoms with Crippen molar-refractivity contribution < 1.29 is 9.18 Å². The lowest BCUT2D eigenvalue weighted by molar-refractivity contribution is 0.0755. The molecule has 0 aromatic carbocycles. The van der Waals surface area contributed by atoms with Gasteiger partial charge in [-0.05, 0) is 12.5 Å². The topological polar surface area (TPSA) is 38.1 Å². The second-order valence-electron chi connectivity index (χ2n) is 3.57. The molecule has 0 unspecified atom stereocenters. The van der Waals surface area contributed by atoms with E-state index in [2.05, 4.69) is 5.10 Å². The Labute approximate surface area is 87.0 Å².